The van der Waals surface area contributed by atoms with Crippen molar-refractivity contribution in [2.45, 2.75) is 52.5 Å². The van der Waals surface area contributed by atoms with Crippen LogP contribution in [0.25, 0.3) is 0 Å². The summed E-state index contributed by atoms with van der Waals surface area (Å²) in [6.45, 7) is 7.67. The number of nitrogens with zero attached hydrogens (tertiary/aromatic N) is 6. The molecule has 26 heavy (non-hydrogen) atoms. The van der Waals surface area contributed by atoms with Gasteiger partial charge in [-0.15, -0.1) is 5.10 Å². The molecule has 0 spiro atoms. The first kappa shape index (κ1) is 20.4. The van der Waals surface area contributed by atoms with E-state index in [-0.39, 0.29) is 6.54 Å². The number of aromatic nitrogens is 6. The number of ether oxygens (including phenoxy) is 1. The van der Waals surface area contributed by atoms with Gasteiger partial charge in [0.1, 0.15) is 12.2 Å². The van der Waals surface area contributed by atoms with Gasteiger partial charge >= 0.3 is 0 Å². The average molecular weight is 369 g/mol. The Labute approximate surface area is 152 Å². The van der Waals surface area contributed by atoms with Crippen molar-refractivity contribution in [3.63, 3.8) is 0 Å². The number of rotatable bonds is 12. The van der Waals surface area contributed by atoms with Gasteiger partial charge in [0.25, 0.3) is 0 Å². The van der Waals surface area contributed by atoms with Crippen LogP contribution in [0.5, 0.6) is 0 Å². The second-order valence-corrected chi connectivity index (χ2v) is 6.01. The van der Waals surface area contributed by atoms with E-state index in [0.29, 0.717) is 25.6 Å². The van der Waals surface area contributed by atoms with Gasteiger partial charge in [0.15, 0.2) is 5.82 Å². The van der Waals surface area contributed by atoms with E-state index in [1.807, 2.05) is 24.6 Å². The lowest BCUT2D eigenvalue weighted by Gasteiger charge is -2.20. The number of aryl methyl sites for hydroxylation is 2. The van der Waals surface area contributed by atoms with E-state index in [1.54, 1.807) is 4.68 Å². The summed E-state index contributed by atoms with van der Waals surface area (Å²) in [5.74, 6) is 0.562. The van der Waals surface area contributed by atoms with Crippen LogP contribution in [0.4, 0.5) is 4.39 Å². The van der Waals surface area contributed by atoms with Gasteiger partial charge in [0.05, 0.1) is 31.1 Å². The summed E-state index contributed by atoms with van der Waals surface area (Å²) in [6, 6.07) is 1.50. The van der Waals surface area contributed by atoms with Crippen molar-refractivity contribution in [3.8, 4) is 0 Å². The normalized spacial score (nSPS) is 13.9. The molecule has 2 unspecified atom stereocenters. The van der Waals surface area contributed by atoms with Crippen LogP contribution < -0.4 is 5.32 Å². The number of nitrogens with one attached hydrogen (secondary N) is 1. The minimum absolute atomic E-state index is 0.0180. The van der Waals surface area contributed by atoms with Crippen LogP contribution in [-0.2, 0) is 17.8 Å². The molecule has 2 aromatic rings. The quantitative estimate of drug-likeness (QED) is 0.529. The van der Waals surface area contributed by atoms with Crippen molar-refractivity contribution < 1.29 is 14.2 Å². The lowest BCUT2D eigenvalue weighted by atomic mass is 10.1. The molecule has 2 aromatic heterocycles. The molecule has 2 atom stereocenters. The van der Waals surface area contributed by atoms with E-state index < -0.39 is 18.8 Å². The first-order valence-corrected chi connectivity index (χ1v) is 8.97. The number of halogens is 1. The van der Waals surface area contributed by atoms with Gasteiger partial charge in [-0.1, -0.05) is 6.92 Å². The molecular formula is C16H28FN7O2. The van der Waals surface area contributed by atoms with E-state index in [2.05, 4.69) is 32.9 Å². The average Bonchev–Trinajstić information content (AvgIpc) is 3.23. The second kappa shape index (κ2) is 10.3. The van der Waals surface area contributed by atoms with Crippen LogP contribution in [0.2, 0.25) is 0 Å². The number of alkyl halides is 1. The molecule has 0 fully saturated rings. The van der Waals surface area contributed by atoms with E-state index in [9.17, 15) is 4.39 Å². The second-order valence-electron chi connectivity index (χ2n) is 6.01. The molecule has 0 aliphatic rings. The van der Waals surface area contributed by atoms with E-state index in [0.717, 1.165) is 24.4 Å². The molecule has 0 aliphatic carbocycles. The Morgan fingerprint density at radius 2 is 2.12 bits per heavy atom. The fourth-order valence-electron chi connectivity index (χ4n) is 2.70. The molecule has 0 bridgehead atoms. The Kier molecular flexibility index (Phi) is 8.07. The molecule has 146 valence electrons. The maximum absolute atomic E-state index is 13.6. The smallest absolute Gasteiger partial charge is 0.174 e. The molecule has 2 rings (SSSR count). The van der Waals surface area contributed by atoms with E-state index in [1.165, 1.54) is 0 Å². The maximum Gasteiger partial charge on any atom is 0.174 e. The largest absolute Gasteiger partial charge is 0.393 e. The molecular weight excluding hydrogens is 341 g/mol. The van der Waals surface area contributed by atoms with Crippen molar-refractivity contribution in [1.82, 2.24) is 35.3 Å². The van der Waals surface area contributed by atoms with Crippen LogP contribution in [0, 0.1) is 6.92 Å². The van der Waals surface area contributed by atoms with Gasteiger partial charge < -0.3 is 9.84 Å². The third kappa shape index (κ3) is 5.29. The van der Waals surface area contributed by atoms with Gasteiger partial charge in [0.2, 0.25) is 0 Å². The summed E-state index contributed by atoms with van der Waals surface area (Å²) in [5.41, 5.74) is 1.73. The minimum Gasteiger partial charge on any atom is -0.393 e. The molecule has 2 heterocycles. The highest BCUT2D eigenvalue weighted by Crippen LogP contribution is 2.21. The SMILES string of the molecule is CCCn1nc(C)cc1C(NCC(F)CO)c1nnnn1CCOCC. The van der Waals surface area contributed by atoms with Crippen molar-refractivity contribution in [1.29, 1.82) is 0 Å². The van der Waals surface area contributed by atoms with E-state index in [4.69, 9.17) is 9.84 Å². The minimum atomic E-state index is -1.37. The zero-order valence-corrected chi connectivity index (χ0v) is 15.6. The Hall–Kier alpha value is -1.91. The fourth-order valence-corrected chi connectivity index (χ4v) is 2.70. The van der Waals surface area contributed by atoms with Crippen molar-refractivity contribution in [2.75, 3.05) is 26.4 Å². The van der Waals surface area contributed by atoms with Crippen molar-refractivity contribution in [2.24, 2.45) is 0 Å². The maximum atomic E-state index is 13.6. The molecule has 9 nitrogen and oxygen atoms in total. The number of aliphatic hydroxyl groups is 1. The third-order valence-corrected chi connectivity index (χ3v) is 3.88. The molecule has 0 aliphatic heterocycles. The van der Waals surface area contributed by atoms with Crippen molar-refractivity contribution >= 4 is 0 Å². The molecule has 0 saturated heterocycles. The lowest BCUT2D eigenvalue weighted by molar-refractivity contribution is 0.134. The Balaban J connectivity index is 2.31. The van der Waals surface area contributed by atoms with Crippen LogP contribution in [-0.4, -0.2) is 67.6 Å². The zero-order chi connectivity index (χ0) is 18.9. The fraction of sp³-hybridized carbons (Fsp3) is 0.750. The zero-order valence-electron chi connectivity index (χ0n) is 15.6. The van der Waals surface area contributed by atoms with Gasteiger partial charge in [-0.25, -0.2) is 9.07 Å². The molecule has 0 aromatic carbocycles. The van der Waals surface area contributed by atoms with Crippen LogP contribution in [0.1, 0.15) is 43.5 Å². The summed E-state index contributed by atoms with van der Waals surface area (Å²) in [4.78, 5) is 0. The molecule has 0 radical (unpaired) electrons. The Bertz CT molecular complexity index is 661. The monoisotopic (exact) mass is 369 g/mol. The van der Waals surface area contributed by atoms with E-state index >= 15 is 0 Å². The van der Waals surface area contributed by atoms with Crippen LogP contribution in [0.3, 0.4) is 0 Å². The highest BCUT2D eigenvalue weighted by Gasteiger charge is 2.26. The predicted octanol–water partition coefficient (Wildman–Crippen LogP) is 0.634. The van der Waals surface area contributed by atoms with Gasteiger partial charge in [-0.3, -0.25) is 10.00 Å². The molecule has 2 N–H and O–H groups in total. The summed E-state index contributed by atoms with van der Waals surface area (Å²) in [6.07, 6.45) is -0.452. The lowest BCUT2D eigenvalue weighted by Crippen LogP contribution is -2.34. The first-order chi connectivity index (χ1) is 12.6. The summed E-state index contributed by atoms with van der Waals surface area (Å²) in [5, 5.41) is 28.6. The third-order valence-electron chi connectivity index (χ3n) is 3.88. The number of tetrazole rings is 1. The number of hydrogen-bond donors (Lipinski definition) is 2. The summed E-state index contributed by atoms with van der Waals surface area (Å²) in [7, 11) is 0. The number of aliphatic hydroxyl groups excluding tert-OH is 1. The summed E-state index contributed by atoms with van der Waals surface area (Å²) >= 11 is 0. The van der Waals surface area contributed by atoms with Gasteiger partial charge in [0, 0.05) is 19.7 Å². The molecule has 10 heteroatoms. The van der Waals surface area contributed by atoms with Crippen LogP contribution >= 0.6 is 0 Å². The number of hydrogen-bond acceptors (Lipinski definition) is 7. The topological polar surface area (TPSA) is 103 Å². The first-order valence-electron chi connectivity index (χ1n) is 8.97. The highest BCUT2D eigenvalue weighted by molar-refractivity contribution is 5.20. The standard InChI is InChI=1S/C16H28FN7O2/c1-4-6-23-14(9-12(3)20-23)15(18-10-13(17)11-25)16-19-21-22-24(16)7-8-26-5-2/h9,13,15,18,25H,4-8,10-11H2,1-3H3. The molecule has 0 amide bonds. The predicted molar refractivity (Wildman–Crippen MR) is 93.4 cm³/mol. The highest BCUT2D eigenvalue weighted by atomic mass is 19.1. The van der Waals surface area contributed by atoms with Crippen LogP contribution in [0.15, 0.2) is 6.07 Å². The summed E-state index contributed by atoms with van der Waals surface area (Å²) < 4.78 is 22.6. The van der Waals surface area contributed by atoms with Crippen molar-refractivity contribution in [3.05, 3.63) is 23.3 Å². The Morgan fingerprint density at radius 1 is 1.31 bits per heavy atom. The van der Waals surface area contributed by atoms with Gasteiger partial charge in [-0.05, 0) is 36.8 Å². The Morgan fingerprint density at radius 3 is 2.81 bits per heavy atom. The molecule has 0 saturated carbocycles. The van der Waals surface area contributed by atoms with Gasteiger partial charge in [-0.2, -0.15) is 5.10 Å².